The maximum absolute atomic E-state index is 5.88. The average molecular weight is 433 g/mol. The molecule has 2 aromatic carbocycles. The van der Waals surface area contributed by atoms with Crippen LogP contribution in [-0.4, -0.2) is 28.2 Å². The maximum atomic E-state index is 5.88. The zero-order chi connectivity index (χ0) is 18.5. The highest BCUT2D eigenvalue weighted by atomic mass is 79.9. The molecule has 1 N–H and O–H groups in total. The van der Waals surface area contributed by atoms with Crippen molar-refractivity contribution in [1.82, 2.24) is 14.9 Å². The first-order valence-electron chi connectivity index (χ1n) is 7.80. The van der Waals surface area contributed by atoms with E-state index in [0.29, 0.717) is 28.7 Å². The lowest BCUT2D eigenvalue weighted by molar-refractivity contribution is 0.284. The fraction of sp³-hybridized carbons (Fsp3) is 0.167. The van der Waals surface area contributed by atoms with Crippen LogP contribution < -0.4 is 9.47 Å². The van der Waals surface area contributed by atoms with E-state index < -0.39 is 0 Å². The van der Waals surface area contributed by atoms with Gasteiger partial charge in [-0.25, -0.2) is 0 Å². The smallest absolute Gasteiger partial charge is 0.216 e. The number of hydrogen-bond acceptors (Lipinski definition) is 5. The number of hydrogen-bond donors (Lipinski definition) is 1. The summed E-state index contributed by atoms with van der Waals surface area (Å²) in [4.78, 5) is 0. The van der Waals surface area contributed by atoms with Gasteiger partial charge in [0.05, 0.1) is 13.3 Å². The molecule has 1 aromatic heterocycles. The van der Waals surface area contributed by atoms with E-state index in [1.807, 2.05) is 49.4 Å². The van der Waals surface area contributed by atoms with Gasteiger partial charge in [0.2, 0.25) is 4.77 Å². The summed E-state index contributed by atoms with van der Waals surface area (Å²) in [6.45, 7) is 2.28. The molecule has 8 heteroatoms. The van der Waals surface area contributed by atoms with Gasteiger partial charge in [-0.2, -0.15) is 14.9 Å². The highest BCUT2D eigenvalue weighted by Gasteiger charge is 2.06. The van der Waals surface area contributed by atoms with Gasteiger partial charge in [-0.15, -0.1) is 0 Å². The maximum Gasteiger partial charge on any atom is 0.216 e. The minimum Gasteiger partial charge on any atom is -0.493 e. The molecule has 1 heterocycles. The number of aromatic nitrogens is 3. The number of rotatable bonds is 6. The quantitative estimate of drug-likeness (QED) is 0.460. The van der Waals surface area contributed by atoms with Crippen molar-refractivity contribution in [2.75, 3.05) is 7.11 Å². The number of nitrogens with zero attached hydrogens (tertiary/aromatic N) is 3. The van der Waals surface area contributed by atoms with Gasteiger partial charge in [0.1, 0.15) is 12.4 Å². The Kier molecular flexibility index (Phi) is 5.85. The van der Waals surface area contributed by atoms with E-state index in [0.717, 1.165) is 15.6 Å². The molecule has 0 aliphatic carbocycles. The molecule has 0 radical (unpaired) electrons. The second kappa shape index (κ2) is 8.29. The summed E-state index contributed by atoms with van der Waals surface area (Å²) in [5.41, 5.74) is 1.94. The van der Waals surface area contributed by atoms with E-state index in [9.17, 15) is 0 Å². The zero-order valence-corrected chi connectivity index (χ0v) is 16.7. The Morgan fingerprint density at radius 1 is 1.23 bits per heavy atom. The van der Waals surface area contributed by atoms with E-state index in [1.165, 1.54) is 0 Å². The van der Waals surface area contributed by atoms with Crippen LogP contribution in [-0.2, 0) is 6.61 Å². The van der Waals surface area contributed by atoms with Crippen LogP contribution in [0, 0.1) is 11.7 Å². The highest BCUT2D eigenvalue weighted by Crippen LogP contribution is 2.28. The number of methoxy groups -OCH3 is 1. The molecule has 3 aromatic rings. The molecule has 3 rings (SSSR count). The summed E-state index contributed by atoms with van der Waals surface area (Å²) < 4.78 is 14.4. The molecule has 0 spiro atoms. The molecule has 0 aliphatic heterocycles. The van der Waals surface area contributed by atoms with Crippen LogP contribution in [0.25, 0.3) is 0 Å². The van der Waals surface area contributed by atoms with Crippen molar-refractivity contribution in [3.05, 3.63) is 68.7 Å². The lowest BCUT2D eigenvalue weighted by Crippen LogP contribution is -1.99. The van der Waals surface area contributed by atoms with Gasteiger partial charge >= 0.3 is 0 Å². The minimum atomic E-state index is 0.445. The van der Waals surface area contributed by atoms with Gasteiger partial charge in [0, 0.05) is 4.47 Å². The number of halogens is 1. The fourth-order valence-electron chi connectivity index (χ4n) is 2.26. The summed E-state index contributed by atoms with van der Waals surface area (Å²) in [6, 6.07) is 13.6. The lowest BCUT2D eigenvalue weighted by Gasteiger charge is -2.11. The first kappa shape index (κ1) is 18.3. The third-order valence-electron chi connectivity index (χ3n) is 3.63. The number of nitrogens with one attached hydrogen (secondary N) is 1. The van der Waals surface area contributed by atoms with Crippen molar-refractivity contribution >= 4 is 34.4 Å². The molecule has 26 heavy (non-hydrogen) atoms. The Morgan fingerprint density at radius 3 is 2.65 bits per heavy atom. The molecule has 0 saturated heterocycles. The Hall–Kier alpha value is -2.45. The van der Waals surface area contributed by atoms with Crippen molar-refractivity contribution < 1.29 is 9.47 Å². The summed E-state index contributed by atoms with van der Waals surface area (Å²) in [5, 5.41) is 11.0. The molecule has 0 amide bonds. The molecule has 6 nitrogen and oxygen atoms in total. The predicted octanol–water partition coefficient (Wildman–Crippen LogP) is 4.48. The first-order chi connectivity index (χ1) is 12.6. The lowest BCUT2D eigenvalue weighted by atomic mass is 10.2. The molecule has 134 valence electrons. The largest absolute Gasteiger partial charge is 0.493 e. The zero-order valence-electron chi connectivity index (χ0n) is 14.3. The summed E-state index contributed by atoms with van der Waals surface area (Å²) >= 11 is 8.55. The van der Waals surface area contributed by atoms with E-state index in [1.54, 1.807) is 18.0 Å². The Labute approximate surface area is 164 Å². The second-order valence-electron chi connectivity index (χ2n) is 5.46. The molecular weight excluding hydrogens is 416 g/mol. The third kappa shape index (κ3) is 4.39. The van der Waals surface area contributed by atoms with Crippen LogP contribution in [0.2, 0.25) is 0 Å². The van der Waals surface area contributed by atoms with Crippen molar-refractivity contribution in [3.8, 4) is 11.5 Å². The average Bonchev–Trinajstić information content (AvgIpc) is 2.97. The number of H-pyrrole nitrogens is 1. The number of benzene rings is 2. The summed E-state index contributed by atoms with van der Waals surface area (Å²) in [6.07, 6.45) is 1.69. The van der Waals surface area contributed by atoms with E-state index in [-0.39, 0.29) is 0 Å². The Bertz CT molecular complexity index is 980. The summed E-state index contributed by atoms with van der Waals surface area (Å²) in [5.74, 6) is 2.00. The van der Waals surface area contributed by atoms with Gasteiger partial charge < -0.3 is 9.47 Å². The highest BCUT2D eigenvalue weighted by molar-refractivity contribution is 9.10. The van der Waals surface area contributed by atoms with Crippen LogP contribution in [0.4, 0.5) is 0 Å². The Morgan fingerprint density at radius 2 is 2.00 bits per heavy atom. The van der Waals surface area contributed by atoms with Gasteiger partial charge in [-0.3, -0.25) is 5.10 Å². The van der Waals surface area contributed by atoms with Gasteiger partial charge in [-0.1, -0.05) is 28.1 Å². The van der Waals surface area contributed by atoms with Crippen molar-refractivity contribution in [1.29, 1.82) is 0 Å². The Balaban J connectivity index is 1.75. The van der Waals surface area contributed by atoms with Crippen LogP contribution in [0.3, 0.4) is 0 Å². The van der Waals surface area contributed by atoms with Gasteiger partial charge in [-0.05, 0) is 60.6 Å². The van der Waals surface area contributed by atoms with Crippen LogP contribution in [0.15, 0.2) is 52.0 Å². The van der Waals surface area contributed by atoms with Gasteiger partial charge in [0.15, 0.2) is 11.5 Å². The number of aryl methyl sites for hydroxylation is 1. The molecule has 0 saturated carbocycles. The SMILES string of the molecule is COc1cc(/C=N/n2c(C)n[nH]c2=S)ccc1OCc1ccc(Br)cc1. The molecule has 0 bridgehead atoms. The van der Waals surface area contributed by atoms with Crippen molar-refractivity contribution in [3.63, 3.8) is 0 Å². The van der Waals surface area contributed by atoms with Crippen LogP contribution >= 0.6 is 28.1 Å². The minimum absolute atomic E-state index is 0.445. The van der Waals surface area contributed by atoms with Gasteiger partial charge in [0.25, 0.3) is 0 Å². The fourth-order valence-corrected chi connectivity index (χ4v) is 2.75. The third-order valence-corrected chi connectivity index (χ3v) is 4.42. The predicted molar refractivity (Wildman–Crippen MR) is 107 cm³/mol. The first-order valence-corrected chi connectivity index (χ1v) is 9.00. The number of aromatic amines is 1. The molecule has 0 fully saturated rings. The topological polar surface area (TPSA) is 64.4 Å². The molecule has 0 unspecified atom stereocenters. The molecule has 0 atom stereocenters. The van der Waals surface area contributed by atoms with Crippen LogP contribution in [0.1, 0.15) is 17.0 Å². The van der Waals surface area contributed by atoms with Crippen LogP contribution in [0.5, 0.6) is 11.5 Å². The second-order valence-corrected chi connectivity index (χ2v) is 6.76. The standard InChI is InChI=1S/C18H17BrN4O2S/c1-12-21-22-18(26)23(12)20-10-14-5-8-16(17(9-14)24-2)25-11-13-3-6-15(19)7-4-13/h3-10H,11H2,1-2H3,(H,22,26)/b20-10+. The molecular formula is C18H17BrN4O2S. The monoisotopic (exact) mass is 432 g/mol. The van der Waals surface area contributed by atoms with Crippen molar-refractivity contribution in [2.24, 2.45) is 5.10 Å². The normalized spacial score (nSPS) is 11.0. The molecule has 0 aliphatic rings. The van der Waals surface area contributed by atoms with E-state index in [2.05, 4.69) is 31.2 Å². The number of ether oxygens (including phenoxy) is 2. The van der Waals surface area contributed by atoms with E-state index >= 15 is 0 Å². The summed E-state index contributed by atoms with van der Waals surface area (Å²) in [7, 11) is 1.61. The van der Waals surface area contributed by atoms with Crippen molar-refractivity contribution in [2.45, 2.75) is 13.5 Å². The van der Waals surface area contributed by atoms with E-state index in [4.69, 9.17) is 21.7 Å².